The Labute approximate surface area is 168 Å². The Morgan fingerprint density at radius 1 is 0.963 bits per heavy atom. The summed E-state index contributed by atoms with van der Waals surface area (Å²) < 4.78 is 33.3. The van der Waals surface area contributed by atoms with Gasteiger partial charge in [0.05, 0.1) is 15.7 Å². The average molecular weight is 423 g/mol. The van der Waals surface area contributed by atoms with Crippen molar-refractivity contribution in [1.82, 2.24) is 9.71 Å². The van der Waals surface area contributed by atoms with Crippen LogP contribution in [0.25, 0.3) is 0 Å². The Morgan fingerprint density at radius 3 is 2.41 bits per heavy atom. The third-order valence-corrected chi connectivity index (χ3v) is 6.02. The number of ether oxygens (including phenoxy) is 1. The van der Waals surface area contributed by atoms with Crippen LogP contribution in [0.5, 0.6) is 5.75 Å². The Kier molecular flexibility index (Phi) is 6.34. The van der Waals surface area contributed by atoms with Gasteiger partial charge in [0.25, 0.3) is 0 Å². The van der Waals surface area contributed by atoms with Gasteiger partial charge in [-0.2, -0.15) is 0 Å². The first-order valence-electron chi connectivity index (χ1n) is 8.01. The van der Waals surface area contributed by atoms with Crippen LogP contribution in [0.2, 0.25) is 10.0 Å². The summed E-state index contributed by atoms with van der Waals surface area (Å²) in [6.45, 7) is 0.399. The Morgan fingerprint density at radius 2 is 1.70 bits per heavy atom. The van der Waals surface area contributed by atoms with E-state index in [0.29, 0.717) is 12.4 Å². The van der Waals surface area contributed by atoms with E-state index in [0.717, 1.165) is 11.3 Å². The van der Waals surface area contributed by atoms with Gasteiger partial charge in [-0.25, -0.2) is 13.1 Å². The van der Waals surface area contributed by atoms with Gasteiger partial charge in [0, 0.05) is 12.7 Å². The van der Waals surface area contributed by atoms with E-state index in [1.54, 1.807) is 36.5 Å². The molecule has 0 aliphatic rings. The molecule has 0 saturated carbocycles. The Balaban J connectivity index is 1.68. The lowest BCUT2D eigenvalue weighted by molar-refractivity contribution is 0.301. The second-order valence-electron chi connectivity index (χ2n) is 5.63. The molecule has 1 N–H and O–H groups in total. The number of pyridine rings is 1. The summed E-state index contributed by atoms with van der Waals surface area (Å²) in [5.41, 5.74) is 1.54. The van der Waals surface area contributed by atoms with Crippen molar-refractivity contribution in [3.8, 4) is 5.75 Å². The molecule has 0 saturated heterocycles. The maximum atomic E-state index is 12.5. The monoisotopic (exact) mass is 422 g/mol. The molecule has 140 valence electrons. The number of sulfonamides is 1. The van der Waals surface area contributed by atoms with E-state index in [-0.39, 0.29) is 21.5 Å². The van der Waals surface area contributed by atoms with Crippen LogP contribution in [0, 0.1) is 0 Å². The first-order chi connectivity index (χ1) is 13.0. The molecule has 0 fully saturated rings. The largest absolute Gasteiger partial charge is 0.487 e. The summed E-state index contributed by atoms with van der Waals surface area (Å²) in [7, 11) is -3.85. The molecule has 0 atom stereocenters. The van der Waals surface area contributed by atoms with Crippen molar-refractivity contribution in [3.63, 3.8) is 0 Å². The van der Waals surface area contributed by atoms with Gasteiger partial charge in [0.15, 0.2) is 0 Å². The van der Waals surface area contributed by atoms with Crippen LogP contribution in [-0.4, -0.2) is 13.4 Å². The second-order valence-corrected chi connectivity index (χ2v) is 8.15. The predicted octanol–water partition coefficient (Wildman–Crippen LogP) is 4.45. The number of nitrogens with one attached hydrogen (secondary N) is 1. The molecule has 0 spiro atoms. The van der Waals surface area contributed by atoms with Crippen LogP contribution in [0.4, 0.5) is 0 Å². The van der Waals surface area contributed by atoms with Crippen molar-refractivity contribution in [2.24, 2.45) is 0 Å². The lowest BCUT2D eigenvalue weighted by Crippen LogP contribution is -2.24. The molecule has 0 aliphatic heterocycles. The fourth-order valence-corrected chi connectivity index (χ4v) is 4.53. The van der Waals surface area contributed by atoms with E-state index in [1.165, 1.54) is 12.1 Å². The molecule has 3 rings (SSSR count). The molecule has 27 heavy (non-hydrogen) atoms. The van der Waals surface area contributed by atoms with Crippen molar-refractivity contribution >= 4 is 33.2 Å². The van der Waals surface area contributed by atoms with Crippen molar-refractivity contribution < 1.29 is 13.2 Å². The quantitative estimate of drug-likeness (QED) is 0.610. The third-order valence-electron chi connectivity index (χ3n) is 3.67. The van der Waals surface area contributed by atoms with Gasteiger partial charge in [0.1, 0.15) is 17.3 Å². The van der Waals surface area contributed by atoms with Crippen LogP contribution in [0.3, 0.4) is 0 Å². The van der Waals surface area contributed by atoms with E-state index in [4.69, 9.17) is 27.9 Å². The fraction of sp³-hybridized carbons (Fsp3) is 0.105. The molecule has 1 heterocycles. The second kappa shape index (κ2) is 8.71. The lowest BCUT2D eigenvalue weighted by Gasteiger charge is -2.11. The summed E-state index contributed by atoms with van der Waals surface area (Å²) >= 11 is 12.0. The van der Waals surface area contributed by atoms with Crippen molar-refractivity contribution in [3.05, 3.63) is 88.2 Å². The van der Waals surface area contributed by atoms with E-state index in [1.807, 2.05) is 18.2 Å². The summed E-state index contributed by atoms with van der Waals surface area (Å²) in [6.07, 6.45) is 1.70. The van der Waals surface area contributed by atoms with Crippen LogP contribution in [0.1, 0.15) is 11.3 Å². The third kappa shape index (κ3) is 5.20. The Hall–Kier alpha value is -2.12. The minimum atomic E-state index is -3.85. The van der Waals surface area contributed by atoms with Gasteiger partial charge in [-0.1, -0.05) is 47.5 Å². The highest BCUT2D eigenvalue weighted by molar-refractivity contribution is 7.89. The molecule has 0 bridgehead atoms. The average Bonchev–Trinajstić information content (AvgIpc) is 2.66. The van der Waals surface area contributed by atoms with Crippen LogP contribution < -0.4 is 9.46 Å². The zero-order valence-corrected chi connectivity index (χ0v) is 16.4. The first-order valence-corrected chi connectivity index (χ1v) is 10.2. The number of halogens is 2. The normalized spacial score (nSPS) is 11.3. The number of aromatic nitrogens is 1. The van der Waals surface area contributed by atoms with Crippen molar-refractivity contribution in [2.75, 3.05) is 0 Å². The van der Waals surface area contributed by atoms with Crippen molar-refractivity contribution in [2.45, 2.75) is 18.0 Å². The highest BCUT2D eigenvalue weighted by atomic mass is 35.5. The molecule has 0 radical (unpaired) electrons. The van der Waals surface area contributed by atoms with E-state index >= 15 is 0 Å². The van der Waals surface area contributed by atoms with E-state index < -0.39 is 10.0 Å². The Bertz CT molecular complexity index is 1010. The summed E-state index contributed by atoms with van der Waals surface area (Å²) in [4.78, 5) is 4.06. The maximum absolute atomic E-state index is 12.5. The van der Waals surface area contributed by atoms with Gasteiger partial charge in [-0.15, -0.1) is 0 Å². The highest BCUT2D eigenvalue weighted by Crippen LogP contribution is 2.29. The molecular formula is C19H16Cl2N2O3S. The number of hydrogen-bond acceptors (Lipinski definition) is 4. The van der Waals surface area contributed by atoms with Crippen molar-refractivity contribution in [1.29, 1.82) is 0 Å². The van der Waals surface area contributed by atoms with Gasteiger partial charge >= 0.3 is 0 Å². The van der Waals surface area contributed by atoms with Crippen LogP contribution >= 0.6 is 23.2 Å². The number of hydrogen-bond donors (Lipinski definition) is 1. The molecule has 0 unspecified atom stereocenters. The van der Waals surface area contributed by atoms with Gasteiger partial charge in [0.2, 0.25) is 10.0 Å². The van der Waals surface area contributed by atoms with Crippen LogP contribution in [-0.2, 0) is 23.2 Å². The summed E-state index contributed by atoms with van der Waals surface area (Å²) in [5, 5.41) is 0.143. The summed E-state index contributed by atoms with van der Waals surface area (Å²) in [6, 6.07) is 17.3. The molecule has 8 heteroatoms. The van der Waals surface area contributed by atoms with Crippen LogP contribution in [0.15, 0.2) is 71.8 Å². The molecule has 3 aromatic rings. The molecular weight excluding hydrogens is 407 g/mol. The molecule has 0 amide bonds. The maximum Gasteiger partial charge on any atom is 0.243 e. The lowest BCUT2D eigenvalue weighted by atomic mass is 10.2. The summed E-state index contributed by atoms with van der Waals surface area (Å²) in [5.74, 6) is 0.619. The molecule has 5 nitrogen and oxygen atoms in total. The van der Waals surface area contributed by atoms with E-state index in [9.17, 15) is 8.42 Å². The van der Waals surface area contributed by atoms with E-state index in [2.05, 4.69) is 9.71 Å². The first kappa shape index (κ1) is 19.6. The zero-order chi connectivity index (χ0) is 19.3. The van der Waals surface area contributed by atoms with Gasteiger partial charge in [-0.05, 0) is 42.0 Å². The number of nitrogens with zero attached hydrogens (tertiary/aromatic N) is 1. The minimum absolute atomic E-state index is 0.0717. The molecule has 1 aromatic heterocycles. The molecule has 0 aliphatic carbocycles. The number of rotatable bonds is 7. The molecule has 2 aromatic carbocycles. The smallest absolute Gasteiger partial charge is 0.243 e. The zero-order valence-electron chi connectivity index (χ0n) is 14.1. The topological polar surface area (TPSA) is 68.3 Å². The van der Waals surface area contributed by atoms with Gasteiger partial charge < -0.3 is 4.74 Å². The SMILES string of the molecule is O=S(=O)(NCc1cccc(OCc2ccccn2)c1)c1c(Cl)cccc1Cl. The minimum Gasteiger partial charge on any atom is -0.487 e. The fourth-order valence-electron chi connectivity index (χ4n) is 2.38. The standard InChI is InChI=1S/C19H16Cl2N2O3S/c20-17-8-4-9-18(21)19(17)27(24,25)23-12-14-5-3-7-16(11-14)26-13-15-6-1-2-10-22-15/h1-11,23H,12-13H2. The van der Waals surface area contributed by atoms with Gasteiger partial charge in [-0.3, -0.25) is 4.98 Å². The highest BCUT2D eigenvalue weighted by Gasteiger charge is 2.21. The predicted molar refractivity (Wildman–Crippen MR) is 105 cm³/mol. The number of benzene rings is 2.